The average molecular weight is 691 g/mol. The lowest BCUT2D eigenvalue weighted by Crippen LogP contribution is -2.44. The Hall–Kier alpha value is -4.58. The van der Waals surface area contributed by atoms with Gasteiger partial charge in [0.25, 0.3) is 10.0 Å². The van der Waals surface area contributed by atoms with Gasteiger partial charge < -0.3 is 24.8 Å². The zero-order valence-electron chi connectivity index (χ0n) is 29.5. The first kappa shape index (κ1) is 35.7. The summed E-state index contributed by atoms with van der Waals surface area (Å²) < 4.78 is 43.5. The van der Waals surface area contributed by atoms with Crippen molar-refractivity contribution >= 4 is 28.0 Å². The fraction of sp³-hybridized carbons (Fsp3) is 0.432. The second kappa shape index (κ2) is 13.7. The summed E-state index contributed by atoms with van der Waals surface area (Å²) >= 11 is 0. The molecule has 1 heterocycles. The predicted octanol–water partition coefficient (Wildman–Crippen LogP) is 5.64. The van der Waals surface area contributed by atoms with Crippen LogP contribution in [0.2, 0.25) is 0 Å². The lowest BCUT2D eigenvalue weighted by Gasteiger charge is -2.26. The Kier molecular flexibility index (Phi) is 10.0. The van der Waals surface area contributed by atoms with E-state index in [1.54, 1.807) is 32.8 Å². The Morgan fingerprint density at radius 1 is 1.02 bits per heavy atom. The second-order valence-electron chi connectivity index (χ2n) is 13.5. The van der Waals surface area contributed by atoms with Crippen LogP contribution in [0.3, 0.4) is 0 Å². The summed E-state index contributed by atoms with van der Waals surface area (Å²) in [6.07, 6.45) is 0.310. The molecule has 0 spiro atoms. The van der Waals surface area contributed by atoms with E-state index in [1.165, 1.54) is 7.05 Å². The number of nitrogens with zero attached hydrogens (tertiary/aromatic N) is 3. The number of carboxylic acid groups (broad SMARTS) is 1. The van der Waals surface area contributed by atoms with Crippen molar-refractivity contribution in [2.24, 2.45) is 4.40 Å². The molecular formula is C37H46N4O7S. The number of nitrogens with one attached hydrogen (secondary N) is 1. The molecule has 1 atom stereocenters. The molecule has 1 aliphatic carbocycles. The van der Waals surface area contributed by atoms with Gasteiger partial charge in [-0.2, -0.15) is 8.42 Å². The quantitative estimate of drug-likeness (QED) is 0.205. The van der Waals surface area contributed by atoms with Gasteiger partial charge in [0.2, 0.25) is 5.96 Å². The van der Waals surface area contributed by atoms with Crippen molar-refractivity contribution in [3.8, 4) is 16.9 Å². The molecular weight excluding hydrogens is 644 g/mol. The topological polar surface area (TPSA) is 138 Å². The fourth-order valence-corrected chi connectivity index (χ4v) is 8.63. The van der Waals surface area contributed by atoms with E-state index in [-0.39, 0.29) is 36.3 Å². The number of aliphatic carboxylic acids is 1. The SMILES string of the molecule is CN/C(=N\S(=O)(=O)c1c(C)c(C)c2c(c1C)CC(C)(C)O2)N(C)CCC[C@@H](C(=O)O)N(C)C(=O)OCC1c2ccccc2-c2ccccc21. The lowest BCUT2D eigenvalue weighted by atomic mass is 9.94. The van der Waals surface area contributed by atoms with Gasteiger partial charge in [-0.3, -0.25) is 4.90 Å². The predicted molar refractivity (Wildman–Crippen MR) is 189 cm³/mol. The minimum absolute atomic E-state index is 0.0796. The summed E-state index contributed by atoms with van der Waals surface area (Å²) in [5.74, 6) is -0.449. The van der Waals surface area contributed by atoms with Gasteiger partial charge in [-0.1, -0.05) is 48.5 Å². The maximum atomic E-state index is 13.8. The van der Waals surface area contributed by atoms with E-state index in [4.69, 9.17) is 9.47 Å². The third-order valence-corrected chi connectivity index (χ3v) is 11.2. The summed E-state index contributed by atoms with van der Waals surface area (Å²) in [7, 11) is 0.559. The monoisotopic (exact) mass is 690 g/mol. The molecule has 0 unspecified atom stereocenters. The number of sulfonamides is 1. The van der Waals surface area contributed by atoms with E-state index in [0.717, 1.165) is 44.0 Å². The van der Waals surface area contributed by atoms with Crippen LogP contribution in [0.25, 0.3) is 11.1 Å². The number of rotatable bonds is 10. The van der Waals surface area contributed by atoms with Gasteiger partial charge in [0.1, 0.15) is 24.0 Å². The van der Waals surface area contributed by atoms with E-state index in [2.05, 4.69) is 9.71 Å². The molecule has 1 aliphatic heterocycles. The second-order valence-corrected chi connectivity index (χ2v) is 15.1. The normalized spacial score (nSPS) is 15.5. The van der Waals surface area contributed by atoms with Crippen LogP contribution in [-0.4, -0.2) is 87.3 Å². The first-order valence-electron chi connectivity index (χ1n) is 16.4. The lowest BCUT2D eigenvalue weighted by molar-refractivity contribution is -0.142. The third kappa shape index (κ3) is 6.96. The van der Waals surface area contributed by atoms with Crippen LogP contribution >= 0.6 is 0 Å². The highest BCUT2D eigenvalue weighted by Crippen LogP contribution is 2.45. The van der Waals surface area contributed by atoms with E-state index in [1.807, 2.05) is 69.3 Å². The molecule has 1 amide bonds. The average Bonchev–Trinajstić information content (AvgIpc) is 3.56. The molecule has 2 aliphatic rings. The first-order valence-corrected chi connectivity index (χ1v) is 17.9. The maximum absolute atomic E-state index is 13.8. The number of ether oxygens (including phenoxy) is 2. The zero-order valence-corrected chi connectivity index (χ0v) is 30.3. The standard InChI is InChI=1S/C37H46N4O7S/c1-22-23(2)33(24(3)29-20-37(4,5)48-32(22)29)49(45,46)39-35(38-6)40(7)19-13-18-31(34(42)43)41(8)36(44)47-21-30-27-16-11-9-14-25(27)26-15-10-12-17-28(26)30/h9-12,14-17,30-31H,13,18-21H2,1-8H3,(H,38,39)(H,42,43)/t31-/m0/s1. The zero-order chi connectivity index (χ0) is 35.8. The molecule has 11 nitrogen and oxygen atoms in total. The van der Waals surface area contributed by atoms with Crippen LogP contribution in [-0.2, 0) is 26.0 Å². The van der Waals surface area contributed by atoms with Gasteiger partial charge in [0.05, 0.1) is 4.90 Å². The molecule has 49 heavy (non-hydrogen) atoms. The van der Waals surface area contributed by atoms with Crippen LogP contribution in [0.5, 0.6) is 5.75 Å². The number of guanidine groups is 1. The van der Waals surface area contributed by atoms with Crippen molar-refractivity contribution in [1.82, 2.24) is 15.1 Å². The number of hydrogen-bond acceptors (Lipinski definition) is 6. The van der Waals surface area contributed by atoms with Gasteiger partial charge in [0.15, 0.2) is 0 Å². The van der Waals surface area contributed by atoms with Crippen LogP contribution in [0.4, 0.5) is 4.79 Å². The summed E-state index contributed by atoms with van der Waals surface area (Å²) in [5, 5.41) is 12.9. The van der Waals surface area contributed by atoms with Gasteiger partial charge in [-0.15, -0.1) is 4.40 Å². The van der Waals surface area contributed by atoms with Crippen LogP contribution in [0.15, 0.2) is 57.8 Å². The van der Waals surface area contributed by atoms with Gasteiger partial charge in [0, 0.05) is 45.6 Å². The van der Waals surface area contributed by atoms with Crippen LogP contribution < -0.4 is 10.1 Å². The molecule has 3 aromatic rings. The molecule has 0 aromatic heterocycles. The van der Waals surface area contributed by atoms with E-state index >= 15 is 0 Å². The molecule has 3 aromatic carbocycles. The van der Waals surface area contributed by atoms with Crippen molar-refractivity contribution in [2.75, 3.05) is 34.3 Å². The van der Waals surface area contributed by atoms with Crippen LogP contribution in [0, 0.1) is 20.8 Å². The minimum Gasteiger partial charge on any atom is -0.487 e. The molecule has 262 valence electrons. The molecule has 0 saturated heterocycles. The number of hydrogen-bond donors (Lipinski definition) is 2. The highest BCUT2D eigenvalue weighted by atomic mass is 32.2. The minimum atomic E-state index is -4.12. The van der Waals surface area contributed by atoms with Crippen molar-refractivity contribution in [2.45, 2.75) is 76.3 Å². The Morgan fingerprint density at radius 2 is 1.61 bits per heavy atom. The summed E-state index contributed by atoms with van der Waals surface area (Å²) in [6.45, 7) is 9.73. The molecule has 0 radical (unpaired) electrons. The summed E-state index contributed by atoms with van der Waals surface area (Å²) in [4.78, 5) is 28.3. The largest absolute Gasteiger partial charge is 0.487 e. The molecule has 0 fully saturated rings. The highest BCUT2D eigenvalue weighted by molar-refractivity contribution is 7.90. The first-order chi connectivity index (χ1) is 23.1. The highest BCUT2D eigenvalue weighted by Gasteiger charge is 2.37. The Balaban J connectivity index is 1.23. The third-order valence-electron chi connectivity index (χ3n) is 9.69. The molecule has 2 N–H and O–H groups in total. The number of benzene rings is 3. The van der Waals surface area contributed by atoms with Crippen molar-refractivity contribution < 1.29 is 32.6 Å². The summed E-state index contributed by atoms with van der Waals surface area (Å²) in [6, 6.07) is 14.8. The molecule has 0 bridgehead atoms. The number of fused-ring (bicyclic) bond motifs is 4. The Labute approximate surface area is 289 Å². The van der Waals surface area contributed by atoms with Crippen molar-refractivity contribution in [3.63, 3.8) is 0 Å². The number of carbonyl (C=O) groups excluding carboxylic acids is 1. The van der Waals surface area contributed by atoms with Gasteiger partial charge >= 0.3 is 12.1 Å². The van der Waals surface area contributed by atoms with Crippen LogP contribution in [0.1, 0.15) is 66.0 Å². The number of carbonyl (C=O) groups is 2. The number of likely N-dealkylation sites (N-methyl/N-ethyl adjacent to an activating group) is 1. The van der Waals surface area contributed by atoms with Crippen molar-refractivity contribution in [3.05, 3.63) is 81.9 Å². The van der Waals surface area contributed by atoms with E-state index < -0.39 is 33.7 Å². The fourth-order valence-electron chi connectivity index (χ4n) is 7.03. The molecule has 5 rings (SSSR count). The maximum Gasteiger partial charge on any atom is 0.410 e. The van der Waals surface area contributed by atoms with Gasteiger partial charge in [-0.05, 0) is 86.4 Å². The Morgan fingerprint density at radius 3 is 2.18 bits per heavy atom. The van der Waals surface area contributed by atoms with E-state index in [0.29, 0.717) is 24.0 Å². The number of carboxylic acids is 1. The van der Waals surface area contributed by atoms with E-state index in [9.17, 15) is 23.1 Å². The summed E-state index contributed by atoms with van der Waals surface area (Å²) in [5.41, 5.74) is 6.78. The van der Waals surface area contributed by atoms with Gasteiger partial charge in [-0.25, -0.2) is 9.59 Å². The smallest absolute Gasteiger partial charge is 0.410 e. The molecule has 0 saturated carbocycles. The van der Waals surface area contributed by atoms with Crippen molar-refractivity contribution in [1.29, 1.82) is 0 Å². The molecule has 12 heteroatoms. The number of amides is 1. The Bertz CT molecular complexity index is 1880.